The Kier molecular flexibility index (Phi) is 4.05. The largest absolute Gasteiger partial charge is 0.353 e. The number of anilines is 1. The van der Waals surface area contributed by atoms with Gasteiger partial charge in [-0.15, -0.1) is 0 Å². The van der Waals surface area contributed by atoms with E-state index in [2.05, 4.69) is 26.2 Å². The van der Waals surface area contributed by atoms with Gasteiger partial charge < -0.3 is 5.32 Å². The number of hydrogen-bond donors (Lipinski definition) is 1. The van der Waals surface area contributed by atoms with Crippen LogP contribution in [0, 0.1) is 5.82 Å². The summed E-state index contributed by atoms with van der Waals surface area (Å²) in [5.74, 6) is 0.526. The minimum absolute atomic E-state index is 0.264. The highest BCUT2D eigenvalue weighted by atomic mass is 79.9. The second-order valence-electron chi connectivity index (χ2n) is 5.20. The van der Waals surface area contributed by atoms with Crippen LogP contribution in [0.25, 0.3) is 5.69 Å². The van der Waals surface area contributed by atoms with Crippen LogP contribution in [0.2, 0.25) is 0 Å². The summed E-state index contributed by atoms with van der Waals surface area (Å²) in [5.41, 5.74) is 0.779. The maximum Gasteiger partial charge on any atom is 0.207 e. The third-order valence-electron chi connectivity index (χ3n) is 3.76. The first kappa shape index (κ1) is 13.6. The van der Waals surface area contributed by atoms with Crippen molar-refractivity contribution in [2.75, 3.05) is 5.32 Å². The molecule has 0 spiro atoms. The zero-order chi connectivity index (χ0) is 13.9. The molecule has 0 saturated heterocycles. The number of nitrogens with zero attached hydrogens (tertiary/aromatic N) is 2. The van der Waals surface area contributed by atoms with Crippen LogP contribution in [0.15, 0.2) is 35.1 Å². The van der Waals surface area contributed by atoms with E-state index in [4.69, 9.17) is 0 Å². The van der Waals surface area contributed by atoms with E-state index >= 15 is 0 Å². The van der Waals surface area contributed by atoms with Crippen LogP contribution in [0.3, 0.4) is 0 Å². The highest BCUT2D eigenvalue weighted by Gasteiger charge is 2.16. The van der Waals surface area contributed by atoms with Gasteiger partial charge in [0, 0.05) is 18.4 Å². The highest BCUT2D eigenvalue weighted by Crippen LogP contribution is 2.24. The van der Waals surface area contributed by atoms with Gasteiger partial charge in [-0.1, -0.05) is 19.3 Å². The van der Waals surface area contributed by atoms with Crippen LogP contribution in [-0.4, -0.2) is 15.6 Å². The SMILES string of the molecule is Fc1cc(-n2ccnc2NC2CCCCC2)ccc1Br. The first-order chi connectivity index (χ1) is 9.74. The van der Waals surface area contributed by atoms with Crippen molar-refractivity contribution in [3.63, 3.8) is 0 Å². The molecule has 1 fully saturated rings. The third-order valence-corrected chi connectivity index (χ3v) is 4.40. The topological polar surface area (TPSA) is 29.9 Å². The summed E-state index contributed by atoms with van der Waals surface area (Å²) < 4.78 is 16.0. The molecule has 1 saturated carbocycles. The van der Waals surface area contributed by atoms with Gasteiger partial charge in [0.1, 0.15) is 5.82 Å². The maximum absolute atomic E-state index is 13.7. The molecule has 1 aliphatic rings. The Labute approximate surface area is 126 Å². The molecular formula is C15H17BrFN3. The van der Waals surface area contributed by atoms with E-state index in [1.165, 1.54) is 38.2 Å². The summed E-state index contributed by atoms with van der Waals surface area (Å²) >= 11 is 3.18. The fourth-order valence-electron chi connectivity index (χ4n) is 2.68. The first-order valence-electron chi connectivity index (χ1n) is 6.99. The number of hydrogen-bond acceptors (Lipinski definition) is 2. The Bertz CT molecular complexity index is 591. The van der Waals surface area contributed by atoms with Crippen LogP contribution in [0.1, 0.15) is 32.1 Å². The molecule has 1 aromatic carbocycles. The normalized spacial score (nSPS) is 16.3. The summed E-state index contributed by atoms with van der Waals surface area (Å²) in [6, 6.07) is 5.58. The Balaban J connectivity index is 1.83. The molecule has 0 bridgehead atoms. The van der Waals surface area contributed by atoms with Crippen LogP contribution in [0.5, 0.6) is 0 Å². The molecule has 2 aromatic rings. The predicted octanol–water partition coefficient (Wildman–Crippen LogP) is 4.52. The average molecular weight is 338 g/mol. The smallest absolute Gasteiger partial charge is 0.207 e. The number of nitrogens with one attached hydrogen (secondary N) is 1. The molecule has 0 aliphatic heterocycles. The Morgan fingerprint density at radius 3 is 2.80 bits per heavy atom. The summed E-state index contributed by atoms with van der Waals surface area (Å²) in [4.78, 5) is 4.36. The molecule has 0 atom stereocenters. The quantitative estimate of drug-likeness (QED) is 0.892. The lowest BCUT2D eigenvalue weighted by Crippen LogP contribution is -2.24. The fraction of sp³-hybridized carbons (Fsp3) is 0.400. The van der Waals surface area contributed by atoms with Crippen LogP contribution >= 0.6 is 15.9 Å². The second kappa shape index (κ2) is 5.95. The van der Waals surface area contributed by atoms with Crippen molar-refractivity contribution in [1.82, 2.24) is 9.55 Å². The predicted molar refractivity (Wildman–Crippen MR) is 81.7 cm³/mol. The van der Waals surface area contributed by atoms with E-state index in [0.29, 0.717) is 10.5 Å². The molecular weight excluding hydrogens is 321 g/mol. The monoisotopic (exact) mass is 337 g/mol. The van der Waals surface area contributed by atoms with Crippen molar-refractivity contribution < 1.29 is 4.39 Å². The molecule has 1 aliphatic carbocycles. The van der Waals surface area contributed by atoms with Crippen molar-refractivity contribution in [3.8, 4) is 5.69 Å². The van der Waals surface area contributed by atoms with Crippen molar-refractivity contribution in [2.45, 2.75) is 38.1 Å². The lowest BCUT2D eigenvalue weighted by Gasteiger charge is -2.23. The van der Waals surface area contributed by atoms with E-state index in [9.17, 15) is 4.39 Å². The van der Waals surface area contributed by atoms with Gasteiger partial charge in [-0.05, 0) is 47.0 Å². The number of aromatic nitrogens is 2. The van der Waals surface area contributed by atoms with Gasteiger partial charge in [-0.3, -0.25) is 4.57 Å². The lowest BCUT2D eigenvalue weighted by atomic mass is 9.96. The van der Waals surface area contributed by atoms with Crippen LogP contribution in [-0.2, 0) is 0 Å². The van der Waals surface area contributed by atoms with Gasteiger partial charge in [0.2, 0.25) is 5.95 Å². The maximum atomic E-state index is 13.7. The van der Waals surface area contributed by atoms with Crippen LogP contribution < -0.4 is 5.32 Å². The molecule has 3 rings (SSSR count). The molecule has 20 heavy (non-hydrogen) atoms. The molecule has 0 amide bonds. The molecule has 0 radical (unpaired) electrons. The Morgan fingerprint density at radius 2 is 2.05 bits per heavy atom. The van der Waals surface area contributed by atoms with E-state index < -0.39 is 0 Å². The van der Waals surface area contributed by atoms with Crippen molar-refractivity contribution in [3.05, 3.63) is 40.9 Å². The number of halogens is 2. The summed E-state index contributed by atoms with van der Waals surface area (Å²) in [5, 5.41) is 3.48. The highest BCUT2D eigenvalue weighted by molar-refractivity contribution is 9.10. The van der Waals surface area contributed by atoms with Gasteiger partial charge >= 0.3 is 0 Å². The molecule has 0 unspecified atom stereocenters. The molecule has 5 heteroatoms. The second-order valence-corrected chi connectivity index (χ2v) is 6.05. The number of imidazole rings is 1. The molecule has 1 heterocycles. The standard InChI is InChI=1S/C15H17BrFN3/c16-13-7-6-12(10-14(13)17)20-9-8-18-15(20)19-11-4-2-1-3-5-11/h6-11H,1-5H2,(H,18,19). The Hall–Kier alpha value is -1.36. The zero-order valence-corrected chi connectivity index (χ0v) is 12.7. The van der Waals surface area contributed by atoms with Gasteiger partial charge in [0.05, 0.1) is 10.2 Å². The number of rotatable bonds is 3. The summed E-state index contributed by atoms with van der Waals surface area (Å²) in [6.45, 7) is 0. The Morgan fingerprint density at radius 1 is 1.25 bits per heavy atom. The van der Waals surface area contributed by atoms with Gasteiger partial charge in [0.25, 0.3) is 0 Å². The van der Waals surface area contributed by atoms with Gasteiger partial charge in [0.15, 0.2) is 0 Å². The molecule has 1 N–H and O–H groups in total. The van der Waals surface area contributed by atoms with Crippen molar-refractivity contribution in [2.24, 2.45) is 0 Å². The molecule has 3 nitrogen and oxygen atoms in total. The van der Waals surface area contributed by atoms with Crippen molar-refractivity contribution >= 4 is 21.9 Å². The third kappa shape index (κ3) is 2.87. The van der Waals surface area contributed by atoms with Gasteiger partial charge in [-0.25, -0.2) is 9.37 Å². The minimum Gasteiger partial charge on any atom is -0.353 e. The number of benzene rings is 1. The summed E-state index contributed by atoms with van der Waals surface area (Å²) in [6.07, 6.45) is 9.82. The zero-order valence-electron chi connectivity index (χ0n) is 11.1. The first-order valence-corrected chi connectivity index (χ1v) is 7.78. The van der Waals surface area contributed by atoms with E-state index in [1.54, 1.807) is 12.3 Å². The minimum atomic E-state index is -0.264. The van der Waals surface area contributed by atoms with E-state index in [1.807, 2.05) is 16.8 Å². The van der Waals surface area contributed by atoms with Gasteiger partial charge in [-0.2, -0.15) is 0 Å². The van der Waals surface area contributed by atoms with Crippen molar-refractivity contribution in [1.29, 1.82) is 0 Å². The molecule has 1 aromatic heterocycles. The van der Waals surface area contributed by atoms with E-state index in [-0.39, 0.29) is 5.82 Å². The fourth-order valence-corrected chi connectivity index (χ4v) is 2.93. The molecule has 106 valence electrons. The summed E-state index contributed by atoms with van der Waals surface area (Å²) in [7, 11) is 0. The lowest BCUT2D eigenvalue weighted by molar-refractivity contribution is 0.460. The van der Waals surface area contributed by atoms with E-state index in [0.717, 1.165) is 11.6 Å². The average Bonchev–Trinajstić information content (AvgIpc) is 2.91. The van der Waals surface area contributed by atoms with Crippen LogP contribution in [0.4, 0.5) is 10.3 Å².